The third kappa shape index (κ3) is 4.15. The van der Waals surface area contributed by atoms with Gasteiger partial charge in [-0.1, -0.05) is 0 Å². The van der Waals surface area contributed by atoms with Crippen LogP contribution >= 0.6 is 0 Å². The molecule has 0 aromatic rings. The van der Waals surface area contributed by atoms with Crippen molar-refractivity contribution < 1.29 is 4.39 Å². The van der Waals surface area contributed by atoms with Crippen molar-refractivity contribution in [2.45, 2.75) is 85.4 Å². The predicted molar refractivity (Wildman–Crippen MR) is 101 cm³/mol. The van der Waals surface area contributed by atoms with Gasteiger partial charge in [-0.05, 0) is 0 Å². The topological polar surface area (TPSA) is 0 Å². The summed E-state index contributed by atoms with van der Waals surface area (Å²) in [6.07, 6.45) is 13.8. The van der Waals surface area contributed by atoms with Gasteiger partial charge in [-0.3, -0.25) is 0 Å². The molecule has 3 rings (SSSR count). The van der Waals surface area contributed by atoms with Crippen LogP contribution in [0.15, 0.2) is 9.79 Å². The SMILES string of the molecule is [B-][N+]12CCC(C=[C]1[Sn]([CH2]CCC)([CH2]CCC)[CH2]CCC)CC2. The fourth-order valence-corrected chi connectivity index (χ4v) is 23.0. The van der Waals surface area contributed by atoms with Crippen molar-refractivity contribution in [2.24, 2.45) is 5.92 Å². The van der Waals surface area contributed by atoms with Gasteiger partial charge < -0.3 is 0 Å². The van der Waals surface area contributed by atoms with Gasteiger partial charge in [-0.25, -0.2) is 0 Å². The molecule has 2 bridgehead atoms. The summed E-state index contributed by atoms with van der Waals surface area (Å²) < 4.78 is 7.44. The number of hydrogen-bond acceptors (Lipinski definition) is 0. The molecule has 3 aliphatic heterocycles. The molecule has 0 spiro atoms. The van der Waals surface area contributed by atoms with Crippen molar-refractivity contribution in [1.82, 2.24) is 0 Å². The van der Waals surface area contributed by atoms with Gasteiger partial charge in [0.15, 0.2) is 0 Å². The molecule has 1 fully saturated rings. The molecule has 0 saturated carbocycles. The third-order valence-corrected chi connectivity index (χ3v) is 22.3. The average Bonchev–Trinajstić information content (AvgIpc) is 2.55. The van der Waals surface area contributed by atoms with Crippen LogP contribution in [0, 0.1) is 5.92 Å². The molecule has 0 unspecified atom stereocenters. The van der Waals surface area contributed by atoms with Gasteiger partial charge in [0.2, 0.25) is 0 Å². The van der Waals surface area contributed by atoms with Crippen LogP contribution in [-0.4, -0.2) is 43.8 Å². The normalized spacial score (nSPS) is 28.0. The number of hydrogen-bond donors (Lipinski definition) is 0. The predicted octanol–water partition coefficient (Wildman–Crippen LogP) is 5.58. The summed E-state index contributed by atoms with van der Waals surface area (Å²) in [6, 6.07) is 0. The van der Waals surface area contributed by atoms with Gasteiger partial charge >= 0.3 is 145 Å². The van der Waals surface area contributed by atoms with Crippen LogP contribution in [0.1, 0.15) is 72.1 Å². The summed E-state index contributed by atoms with van der Waals surface area (Å²) in [6.45, 7) is 9.57. The molecule has 0 atom stereocenters. The van der Waals surface area contributed by atoms with Crippen molar-refractivity contribution >= 4 is 26.4 Å². The van der Waals surface area contributed by atoms with E-state index in [9.17, 15) is 0 Å². The molecule has 0 aromatic heterocycles. The fraction of sp³-hybridized carbons (Fsp3) is 0.895. The second kappa shape index (κ2) is 8.60. The van der Waals surface area contributed by atoms with E-state index in [4.69, 9.17) is 7.98 Å². The van der Waals surface area contributed by atoms with Crippen LogP contribution in [-0.2, 0) is 0 Å². The second-order valence-electron chi connectivity index (χ2n) is 7.96. The standard InChI is InChI=1S/C7H10BN.3C4H9.Sn/c8-9-4-1-7(2-5-9)3-6-9;3*1-3-4-2;/h1,7H,2-3,5-6H2;3*1,3-4H2,2H3;. The first-order chi connectivity index (χ1) is 10.6. The summed E-state index contributed by atoms with van der Waals surface area (Å²) >= 11 is -2.28. The van der Waals surface area contributed by atoms with Crippen LogP contribution < -0.4 is 0 Å². The minimum absolute atomic E-state index is 0.875. The van der Waals surface area contributed by atoms with E-state index in [0.29, 0.717) is 0 Å². The zero-order valence-electron chi connectivity index (χ0n) is 15.4. The summed E-state index contributed by atoms with van der Waals surface area (Å²) in [5.41, 5.74) is 0. The second-order valence-corrected chi connectivity index (χ2v) is 21.0. The van der Waals surface area contributed by atoms with Gasteiger partial charge in [0.25, 0.3) is 0 Å². The van der Waals surface area contributed by atoms with Crippen molar-refractivity contribution in [3.63, 3.8) is 0 Å². The van der Waals surface area contributed by atoms with E-state index in [-0.39, 0.29) is 0 Å². The van der Waals surface area contributed by atoms with Crippen molar-refractivity contribution in [3.05, 3.63) is 9.79 Å². The summed E-state index contributed by atoms with van der Waals surface area (Å²) in [7, 11) is 6.96. The zero-order chi connectivity index (χ0) is 16.1. The first-order valence-electron chi connectivity index (χ1n) is 9.98. The molecule has 0 aliphatic carbocycles. The van der Waals surface area contributed by atoms with Crippen molar-refractivity contribution in [1.29, 1.82) is 0 Å². The monoisotopic (exact) mass is 410 g/mol. The number of rotatable bonds is 10. The molecule has 0 N–H and O–H groups in total. The number of quaternary nitrogens is 1. The van der Waals surface area contributed by atoms with E-state index in [1.165, 1.54) is 64.5 Å². The molecule has 3 heteroatoms. The Morgan fingerprint density at radius 3 is 1.77 bits per heavy atom. The Kier molecular flexibility index (Phi) is 7.39. The molecule has 0 amide bonds. The summed E-state index contributed by atoms with van der Waals surface area (Å²) in [4.78, 5) is 0. The Morgan fingerprint density at radius 2 is 1.41 bits per heavy atom. The van der Waals surface area contributed by atoms with Gasteiger partial charge in [0.05, 0.1) is 0 Å². The minimum atomic E-state index is -2.28. The van der Waals surface area contributed by atoms with Gasteiger partial charge in [-0.2, -0.15) is 0 Å². The number of nitrogens with zero attached hydrogens (tertiary/aromatic N) is 1. The van der Waals surface area contributed by atoms with Crippen LogP contribution in [0.25, 0.3) is 0 Å². The quantitative estimate of drug-likeness (QED) is 0.414. The summed E-state index contributed by atoms with van der Waals surface area (Å²) in [5, 5.41) is 0. The van der Waals surface area contributed by atoms with Gasteiger partial charge in [-0.15, -0.1) is 0 Å². The van der Waals surface area contributed by atoms with E-state index in [1.807, 2.05) is 3.71 Å². The van der Waals surface area contributed by atoms with E-state index in [2.05, 4.69) is 26.8 Å². The van der Waals surface area contributed by atoms with Gasteiger partial charge in [0, 0.05) is 0 Å². The van der Waals surface area contributed by atoms with E-state index in [0.717, 1.165) is 10.3 Å². The molecule has 3 heterocycles. The number of allylic oxidation sites excluding steroid dienone is 1. The zero-order valence-corrected chi connectivity index (χ0v) is 18.2. The summed E-state index contributed by atoms with van der Waals surface area (Å²) in [5.74, 6) is 0.875. The van der Waals surface area contributed by atoms with E-state index < -0.39 is 18.4 Å². The Hall–Kier alpha value is 0.564. The first-order valence-corrected chi connectivity index (χ1v) is 17.5. The number of unbranched alkanes of at least 4 members (excludes halogenated alkanes) is 3. The molecule has 1 saturated heterocycles. The molecular weight excluding hydrogens is 372 g/mol. The maximum absolute atomic E-state index is 6.96. The molecule has 125 valence electrons. The first kappa shape index (κ1) is 18.9. The molecule has 3 radical (unpaired) electrons. The van der Waals surface area contributed by atoms with Gasteiger partial charge in [0.1, 0.15) is 0 Å². The Bertz CT molecular complexity index is 350. The third-order valence-electron chi connectivity index (χ3n) is 6.24. The molecule has 0 aromatic carbocycles. The maximum atomic E-state index is 6.96. The van der Waals surface area contributed by atoms with E-state index >= 15 is 0 Å². The van der Waals surface area contributed by atoms with Crippen molar-refractivity contribution in [3.8, 4) is 0 Å². The molecule has 22 heavy (non-hydrogen) atoms. The van der Waals surface area contributed by atoms with Crippen molar-refractivity contribution in [2.75, 3.05) is 13.1 Å². The Morgan fingerprint density at radius 1 is 0.955 bits per heavy atom. The van der Waals surface area contributed by atoms with Crippen LogP contribution in [0.2, 0.25) is 13.3 Å². The molecule has 3 aliphatic rings. The molecule has 1 nitrogen and oxygen atoms in total. The fourth-order valence-electron chi connectivity index (χ4n) is 4.78. The average molecular weight is 409 g/mol. The van der Waals surface area contributed by atoms with Crippen LogP contribution in [0.3, 0.4) is 0 Å². The van der Waals surface area contributed by atoms with Crippen LogP contribution in [0.5, 0.6) is 0 Å². The Labute approximate surface area is 144 Å². The number of fused-ring (bicyclic) bond motifs is 2. The van der Waals surface area contributed by atoms with Crippen LogP contribution in [0.4, 0.5) is 0 Å². The number of piperidine rings is 1. The van der Waals surface area contributed by atoms with E-state index in [1.54, 1.807) is 13.3 Å². The molecular formula is C19H37BNSn. The Balaban J connectivity index is 2.31.